The number of anilines is 1. The van der Waals surface area contributed by atoms with Crippen LogP contribution in [0, 0.1) is 5.92 Å². The summed E-state index contributed by atoms with van der Waals surface area (Å²) < 4.78 is 15.6. The lowest BCUT2D eigenvalue weighted by molar-refractivity contribution is -0.118. The van der Waals surface area contributed by atoms with Gasteiger partial charge in [0.25, 0.3) is 0 Å². The lowest BCUT2D eigenvalue weighted by Crippen LogP contribution is -2.18. The molecule has 0 aromatic heterocycles. The van der Waals surface area contributed by atoms with Crippen molar-refractivity contribution in [2.75, 3.05) is 5.32 Å². The molecule has 1 amide bonds. The molecule has 20 heavy (non-hydrogen) atoms. The number of alkyl halides is 1. The van der Waals surface area contributed by atoms with Crippen molar-refractivity contribution in [3.05, 3.63) is 64.6 Å². The van der Waals surface area contributed by atoms with Crippen molar-refractivity contribution in [3.63, 3.8) is 0 Å². The largest absolute Gasteiger partial charge is 0.326 e. The summed E-state index contributed by atoms with van der Waals surface area (Å²) in [6, 6.07) is 16.1. The Morgan fingerprint density at radius 3 is 2.45 bits per heavy atom. The van der Waals surface area contributed by atoms with Gasteiger partial charge in [0, 0.05) is 16.6 Å². The second-order valence-electron chi connectivity index (χ2n) is 4.98. The van der Waals surface area contributed by atoms with Gasteiger partial charge in [-0.05, 0) is 29.8 Å². The minimum atomic E-state index is -1.51. The average Bonchev–Trinajstić information content (AvgIpc) is 3.16. The maximum absolute atomic E-state index is 14.6. The summed E-state index contributed by atoms with van der Waals surface area (Å²) in [6.45, 7) is 0. The van der Waals surface area contributed by atoms with Gasteiger partial charge in [0.1, 0.15) is 5.67 Å². The van der Waals surface area contributed by atoms with Crippen LogP contribution in [0.15, 0.2) is 59.1 Å². The highest BCUT2D eigenvalue weighted by atomic mass is 79.9. The van der Waals surface area contributed by atoms with Crippen molar-refractivity contribution < 1.29 is 9.18 Å². The molecular weight excluding hydrogens is 321 g/mol. The molecule has 3 rings (SSSR count). The third-order valence-corrected chi connectivity index (χ3v) is 4.10. The van der Waals surface area contributed by atoms with Crippen LogP contribution < -0.4 is 5.32 Å². The van der Waals surface area contributed by atoms with Crippen LogP contribution in [-0.4, -0.2) is 5.91 Å². The Morgan fingerprint density at radius 2 is 1.80 bits per heavy atom. The van der Waals surface area contributed by atoms with Crippen LogP contribution in [-0.2, 0) is 10.5 Å². The summed E-state index contributed by atoms with van der Waals surface area (Å²) >= 11 is 3.33. The van der Waals surface area contributed by atoms with Gasteiger partial charge in [0.05, 0.1) is 5.92 Å². The maximum Gasteiger partial charge on any atom is 0.231 e. The van der Waals surface area contributed by atoms with Gasteiger partial charge in [-0.1, -0.05) is 46.3 Å². The minimum Gasteiger partial charge on any atom is -0.326 e. The molecule has 0 aliphatic heterocycles. The summed E-state index contributed by atoms with van der Waals surface area (Å²) in [5.41, 5.74) is -0.253. The fourth-order valence-corrected chi connectivity index (χ4v) is 2.60. The van der Waals surface area contributed by atoms with Crippen LogP contribution >= 0.6 is 15.9 Å². The summed E-state index contributed by atoms with van der Waals surface area (Å²) in [6.07, 6.45) is 0.249. The molecule has 2 aromatic rings. The van der Waals surface area contributed by atoms with Gasteiger partial charge in [0.15, 0.2) is 0 Å². The van der Waals surface area contributed by atoms with Gasteiger partial charge in [-0.15, -0.1) is 0 Å². The van der Waals surface area contributed by atoms with E-state index in [1.165, 1.54) is 0 Å². The first-order valence-corrected chi connectivity index (χ1v) is 7.20. The SMILES string of the molecule is O=C(Nc1ccc(Br)cc1)[C@H]1C[C@]1(F)c1ccccc1. The molecule has 0 unspecified atom stereocenters. The number of halogens is 2. The zero-order chi connectivity index (χ0) is 14.2. The first-order chi connectivity index (χ1) is 9.59. The molecule has 2 aromatic carbocycles. The van der Waals surface area contributed by atoms with Gasteiger partial charge in [0.2, 0.25) is 5.91 Å². The molecule has 0 bridgehead atoms. The van der Waals surface area contributed by atoms with E-state index in [0.717, 1.165) is 4.47 Å². The van der Waals surface area contributed by atoms with Crippen LogP contribution in [0.1, 0.15) is 12.0 Å². The average molecular weight is 334 g/mol. The Morgan fingerprint density at radius 1 is 1.15 bits per heavy atom. The van der Waals surface area contributed by atoms with Crippen LogP contribution in [0.5, 0.6) is 0 Å². The predicted octanol–water partition coefficient (Wildman–Crippen LogP) is 4.27. The number of benzene rings is 2. The number of amides is 1. The Kier molecular flexibility index (Phi) is 3.34. The standard InChI is InChI=1S/C16H13BrFNO/c17-12-6-8-13(9-7-12)19-15(20)14-10-16(14,18)11-4-2-1-3-5-11/h1-9,14H,10H2,(H,19,20)/t14-,16+/m1/s1. The molecule has 0 heterocycles. The van der Waals surface area contributed by atoms with E-state index in [1.54, 1.807) is 36.4 Å². The highest BCUT2D eigenvalue weighted by Gasteiger charge is 2.60. The molecule has 1 aliphatic carbocycles. The van der Waals surface area contributed by atoms with Crippen molar-refractivity contribution >= 4 is 27.5 Å². The number of carbonyl (C=O) groups is 1. The van der Waals surface area contributed by atoms with E-state index in [1.807, 2.05) is 18.2 Å². The smallest absolute Gasteiger partial charge is 0.231 e. The van der Waals surface area contributed by atoms with Crippen molar-refractivity contribution in [2.45, 2.75) is 12.1 Å². The zero-order valence-corrected chi connectivity index (χ0v) is 12.2. The Bertz CT molecular complexity index is 629. The number of hydrogen-bond acceptors (Lipinski definition) is 1. The fraction of sp³-hybridized carbons (Fsp3) is 0.188. The first kappa shape index (κ1) is 13.3. The molecule has 1 fully saturated rings. The van der Waals surface area contributed by atoms with Crippen LogP contribution in [0.25, 0.3) is 0 Å². The van der Waals surface area contributed by atoms with Crippen LogP contribution in [0.4, 0.5) is 10.1 Å². The van der Waals surface area contributed by atoms with Crippen LogP contribution in [0.2, 0.25) is 0 Å². The normalized spacial score (nSPS) is 24.2. The number of carbonyl (C=O) groups excluding carboxylic acids is 1. The third-order valence-electron chi connectivity index (χ3n) is 3.58. The number of hydrogen-bond donors (Lipinski definition) is 1. The molecule has 1 saturated carbocycles. The lowest BCUT2D eigenvalue weighted by Gasteiger charge is -2.09. The monoisotopic (exact) mass is 333 g/mol. The molecule has 102 valence electrons. The van der Waals surface area contributed by atoms with E-state index in [0.29, 0.717) is 11.3 Å². The topological polar surface area (TPSA) is 29.1 Å². The van der Waals surface area contributed by atoms with E-state index < -0.39 is 11.6 Å². The van der Waals surface area contributed by atoms with Crippen molar-refractivity contribution in [3.8, 4) is 0 Å². The zero-order valence-electron chi connectivity index (χ0n) is 10.6. The number of nitrogens with one attached hydrogen (secondary N) is 1. The van der Waals surface area contributed by atoms with E-state index in [2.05, 4.69) is 21.2 Å². The van der Waals surface area contributed by atoms with Crippen molar-refractivity contribution in [2.24, 2.45) is 5.92 Å². The third kappa shape index (κ3) is 2.48. The van der Waals surface area contributed by atoms with Gasteiger partial charge in [-0.25, -0.2) is 4.39 Å². The molecule has 1 N–H and O–H groups in total. The second-order valence-corrected chi connectivity index (χ2v) is 5.90. The van der Waals surface area contributed by atoms with Gasteiger partial charge in [-0.3, -0.25) is 4.79 Å². The van der Waals surface area contributed by atoms with Gasteiger partial charge in [-0.2, -0.15) is 0 Å². The molecule has 2 atom stereocenters. The molecule has 4 heteroatoms. The molecular formula is C16H13BrFNO. The Labute approximate surface area is 125 Å². The second kappa shape index (κ2) is 5.02. The Balaban J connectivity index is 1.70. The van der Waals surface area contributed by atoms with Gasteiger partial charge < -0.3 is 5.32 Å². The van der Waals surface area contributed by atoms with E-state index in [4.69, 9.17) is 0 Å². The Hall–Kier alpha value is -1.68. The first-order valence-electron chi connectivity index (χ1n) is 6.40. The van der Waals surface area contributed by atoms with E-state index >= 15 is 0 Å². The summed E-state index contributed by atoms with van der Waals surface area (Å²) in [4.78, 5) is 12.1. The number of rotatable bonds is 3. The molecule has 0 spiro atoms. The minimum absolute atomic E-state index is 0.249. The lowest BCUT2D eigenvalue weighted by atomic mass is 10.1. The summed E-state index contributed by atoms with van der Waals surface area (Å²) in [5, 5.41) is 2.76. The highest BCUT2D eigenvalue weighted by molar-refractivity contribution is 9.10. The quantitative estimate of drug-likeness (QED) is 0.892. The van der Waals surface area contributed by atoms with Crippen molar-refractivity contribution in [1.82, 2.24) is 0 Å². The fourth-order valence-electron chi connectivity index (χ4n) is 2.34. The van der Waals surface area contributed by atoms with E-state index in [9.17, 15) is 9.18 Å². The highest BCUT2D eigenvalue weighted by Crippen LogP contribution is 2.55. The molecule has 0 radical (unpaired) electrons. The summed E-state index contributed by atoms with van der Waals surface area (Å²) in [5.74, 6) is -0.868. The van der Waals surface area contributed by atoms with E-state index in [-0.39, 0.29) is 12.3 Å². The molecule has 0 saturated heterocycles. The predicted molar refractivity (Wildman–Crippen MR) is 80.1 cm³/mol. The maximum atomic E-state index is 14.6. The van der Waals surface area contributed by atoms with Crippen molar-refractivity contribution in [1.29, 1.82) is 0 Å². The van der Waals surface area contributed by atoms with Crippen LogP contribution in [0.3, 0.4) is 0 Å². The molecule has 2 nitrogen and oxygen atoms in total. The molecule has 1 aliphatic rings. The summed E-state index contributed by atoms with van der Waals surface area (Å²) in [7, 11) is 0. The van der Waals surface area contributed by atoms with Gasteiger partial charge >= 0.3 is 0 Å².